The summed E-state index contributed by atoms with van der Waals surface area (Å²) in [7, 11) is 0. The lowest BCUT2D eigenvalue weighted by Crippen LogP contribution is -2.17. The number of hydrogen-bond acceptors (Lipinski definition) is 1. The summed E-state index contributed by atoms with van der Waals surface area (Å²) < 4.78 is 7.48. The first-order valence-electron chi connectivity index (χ1n) is 11.8. The van der Waals surface area contributed by atoms with E-state index < -0.39 is 0 Å². The van der Waals surface area contributed by atoms with Gasteiger partial charge in [-0.05, 0) is 72.1 Å². The summed E-state index contributed by atoms with van der Waals surface area (Å²) >= 11 is 3.85. The van der Waals surface area contributed by atoms with E-state index in [1.165, 1.54) is 22.3 Å². The molecule has 176 valence electrons. The maximum absolute atomic E-state index is 6.48. The molecule has 0 fully saturated rings. The van der Waals surface area contributed by atoms with E-state index in [2.05, 4.69) is 133 Å². The number of hydrogen-bond donors (Lipinski definition) is 0. The van der Waals surface area contributed by atoms with Crippen LogP contribution in [0.25, 0.3) is 11.1 Å². The molecule has 3 aromatic carbocycles. The Morgan fingerprint density at radius 2 is 1.12 bits per heavy atom. The van der Waals surface area contributed by atoms with Gasteiger partial charge in [0.1, 0.15) is 12.4 Å². The van der Waals surface area contributed by atoms with E-state index in [0.29, 0.717) is 6.61 Å². The molecule has 0 amide bonds. The van der Waals surface area contributed by atoms with Gasteiger partial charge in [-0.1, -0.05) is 111 Å². The van der Waals surface area contributed by atoms with Crippen LogP contribution in [0.5, 0.6) is 5.75 Å². The molecule has 0 N–H and O–H groups in total. The summed E-state index contributed by atoms with van der Waals surface area (Å²) in [5.74, 6) is 0.901. The average Bonchev–Trinajstić information content (AvgIpc) is 2.71. The van der Waals surface area contributed by atoms with E-state index in [4.69, 9.17) is 4.74 Å². The van der Waals surface area contributed by atoms with Crippen molar-refractivity contribution in [3.63, 3.8) is 0 Å². The van der Waals surface area contributed by atoms with Crippen molar-refractivity contribution < 1.29 is 4.74 Å². The normalized spacial score (nSPS) is 12.7. The molecule has 3 aromatic rings. The van der Waals surface area contributed by atoms with Gasteiger partial charge in [0.25, 0.3) is 0 Å². The molecule has 0 radical (unpaired) electrons. The molecule has 1 nitrogen and oxygen atoms in total. The van der Waals surface area contributed by atoms with Crippen molar-refractivity contribution in [2.45, 2.75) is 85.2 Å². The Balaban J connectivity index is 2.24. The molecule has 0 aliphatic carbocycles. The molecule has 33 heavy (non-hydrogen) atoms. The minimum absolute atomic E-state index is 0.0315. The molecule has 0 aliphatic heterocycles. The number of rotatable bonds is 4. The highest BCUT2D eigenvalue weighted by Gasteiger charge is 2.24. The first-order chi connectivity index (χ1) is 15.2. The van der Waals surface area contributed by atoms with Crippen LogP contribution in [-0.4, -0.2) is 0 Å². The molecule has 0 bridgehead atoms. The third-order valence-corrected chi connectivity index (χ3v) is 6.70. The lowest BCUT2D eigenvalue weighted by atomic mass is 9.78. The minimum atomic E-state index is 0.0315. The molecular formula is C31H39BrO. The Kier molecular flexibility index (Phi) is 7.20. The van der Waals surface area contributed by atoms with E-state index in [0.717, 1.165) is 21.3 Å². The Labute approximate surface area is 209 Å². The van der Waals surface area contributed by atoms with Crippen LogP contribution >= 0.6 is 15.9 Å². The Hall–Kier alpha value is -2.06. The summed E-state index contributed by atoms with van der Waals surface area (Å²) in [6, 6.07) is 22.0. The molecular weight excluding hydrogens is 468 g/mol. The van der Waals surface area contributed by atoms with E-state index in [1.807, 2.05) is 6.07 Å². The van der Waals surface area contributed by atoms with Gasteiger partial charge in [0, 0.05) is 5.56 Å². The average molecular weight is 508 g/mol. The van der Waals surface area contributed by atoms with Crippen LogP contribution in [-0.2, 0) is 22.9 Å². The van der Waals surface area contributed by atoms with Crippen molar-refractivity contribution in [2.75, 3.05) is 0 Å². The van der Waals surface area contributed by atoms with Crippen molar-refractivity contribution in [1.82, 2.24) is 0 Å². The smallest absolute Gasteiger partial charge is 0.141 e. The highest BCUT2D eigenvalue weighted by Crippen LogP contribution is 2.43. The van der Waals surface area contributed by atoms with Crippen molar-refractivity contribution in [1.29, 1.82) is 0 Å². The molecule has 0 atom stereocenters. The van der Waals surface area contributed by atoms with E-state index in [9.17, 15) is 0 Å². The molecule has 0 unspecified atom stereocenters. The molecule has 0 spiro atoms. The Bertz CT molecular complexity index is 1070. The zero-order valence-electron chi connectivity index (χ0n) is 21.8. The lowest BCUT2D eigenvalue weighted by molar-refractivity contribution is 0.305. The summed E-state index contributed by atoms with van der Waals surface area (Å²) in [4.78, 5) is 0. The van der Waals surface area contributed by atoms with Crippen LogP contribution in [0, 0.1) is 0 Å². The molecule has 2 heteroatoms. The van der Waals surface area contributed by atoms with Gasteiger partial charge in [-0.25, -0.2) is 0 Å². The number of ether oxygens (including phenoxy) is 1. The molecule has 0 aromatic heterocycles. The lowest BCUT2D eigenvalue weighted by Gasteiger charge is -2.28. The molecule has 3 rings (SSSR count). The zero-order chi connectivity index (χ0) is 24.6. The first-order valence-corrected chi connectivity index (χ1v) is 12.6. The molecule has 0 heterocycles. The quantitative estimate of drug-likeness (QED) is 0.342. The van der Waals surface area contributed by atoms with Crippen LogP contribution in [0.15, 0.2) is 65.1 Å². The van der Waals surface area contributed by atoms with Crippen LogP contribution in [0.1, 0.15) is 84.6 Å². The van der Waals surface area contributed by atoms with Crippen LogP contribution in [0.3, 0.4) is 0 Å². The second-order valence-electron chi connectivity index (χ2n) is 12.2. The largest absolute Gasteiger partial charge is 0.487 e. The second-order valence-corrected chi connectivity index (χ2v) is 13.0. The number of benzene rings is 3. The van der Waals surface area contributed by atoms with Crippen molar-refractivity contribution in [3.8, 4) is 16.9 Å². The highest BCUT2D eigenvalue weighted by molar-refractivity contribution is 9.10. The van der Waals surface area contributed by atoms with Crippen molar-refractivity contribution in [2.24, 2.45) is 0 Å². The molecule has 0 saturated heterocycles. The maximum Gasteiger partial charge on any atom is 0.141 e. The topological polar surface area (TPSA) is 9.23 Å². The van der Waals surface area contributed by atoms with E-state index in [-0.39, 0.29) is 16.2 Å². The standard InChI is InChI=1S/C31H39BrO/c1-29(2,3)23-15-22(16-24(17-23)30(4,5)6)26-18-25(31(7,8)9)19-27(32)28(26)33-20-21-13-11-10-12-14-21/h10-19H,20H2,1-9H3. The monoisotopic (exact) mass is 506 g/mol. The fraction of sp³-hybridized carbons (Fsp3) is 0.419. The van der Waals surface area contributed by atoms with Gasteiger partial charge in [0.2, 0.25) is 0 Å². The van der Waals surface area contributed by atoms with Crippen LogP contribution in [0.4, 0.5) is 0 Å². The fourth-order valence-electron chi connectivity index (χ4n) is 3.77. The van der Waals surface area contributed by atoms with Crippen LogP contribution in [0.2, 0.25) is 0 Å². The van der Waals surface area contributed by atoms with Gasteiger partial charge < -0.3 is 4.74 Å². The van der Waals surface area contributed by atoms with Gasteiger partial charge in [0.05, 0.1) is 4.47 Å². The first kappa shape index (κ1) is 25.6. The second kappa shape index (κ2) is 9.29. The van der Waals surface area contributed by atoms with Crippen molar-refractivity contribution >= 4 is 15.9 Å². The van der Waals surface area contributed by atoms with Crippen molar-refractivity contribution in [3.05, 3.63) is 87.4 Å². The fourth-order valence-corrected chi connectivity index (χ4v) is 4.34. The summed E-state index contributed by atoms with van der Waals surface area (Å²) in [6.07, 6.45) is 0. The number of halogens is 1. The third-order valence-electron chi connectivity index (χ3n) is 6.11. The van der Waals surface area contributed by atoms with Gasteiger partial charge in [-0.15, -0.1) is 0 Å². The van der Waals surface area contributed by atoms with E-state index >= 15 is 0 Å². The SMILES string of the molecule is CC(C)(C)c1cc(-c2cc(C(C)(C)C)cc(Br)c2OCc2ccccc2)cc(C(C)(C)C)c1. The molecule has 0 aliphatic rings. The van der Waals surface area contributed by atoms with Gasteiger partial charge >= 0.3 is 0 Å². The maximum atomic E-state index is 6.48. The third kappa shape index (κ3) is 6.29. The predicted octanol–water partition coefficient (Wildman–Crippen LogP) is 9.59. The zero-order valence-corrected chi connectivity index (χ0v) is 23.4. The Morgan fingerprint density at radius 3 is 1.61 bits per heavy atom. The minimum Gasteiger partial charge on any atom is -0.487 e. The van der Waals surface area contributed by atoms with Crippen LogP contribution < -0.4 is 4.74 Å². The summed E-state index contributed by atoms with van der Waals surface area (Å²) in [5.41, 5.74) is 7.63. The van der Waals surface area contributed by atoms with E-state index in [1.54, 1.807) is 0 Å². The van der Waals surface area contributed by atoms with Gasteiger partial charge in [-0.2, -0.15) is 0 Å². The molecule has 0 saturated carbocycles. The van der Waals surface area contributed by atoms with Gasteiger partial charge in [0.15, 0.2) is 0 Å². The summed E-state index contributed by atoms with van der Waals surface area (Å²) in [6.45, 7) is 21.0. The summed E-state index contributed by atoms with van der Waals surface area (Å²) in [5, 5.41) is 0. The van der Waals surface area contributed by atoms with Gasteiger partial charge in [-0.3, -0.25) is 0 Å². The predicted molar refractivity (Wildman–Crippen MR) is 146 cm³/mol. The Morgan fingerprint density at radius 1 is 0.636 bits per heavy atom. The highest BCUT2D eigenvalue weighted by atomic mass is 79.9.